The van der Waals surface area contributed by atoms with Crippen LogP contribution in [0.25, 0.3) is 11.3 Å². The van der Waals surface area contributed by atoms with E-state index in [2.05, 4.69) is 16.3 Å². The fraction of sp³-hybridized carbons (Fsp3) is 0.500. The lowest BCUT2D eigenvalue weighted by Gasteiger charge is -2.29. The van der Waals surface area contributed by atoms with Gasteiger partial charge in [-0.1, -0.05) is 12.1 Å². The highest BCUT2D eigenvalue weighted by Gasteiger charge is 2.36. The van der Waals surface area contributed by atoms with Gasteiger partial charge in [0.2, 0.25) is 0 Å². The number of carbonyl (C=O) groups is 1. The number of nitrogens with zero attached hydrogens (tertiary/aromatic N) is 3. The summed E-state index contributed by atoms with van der Waals surface area (Å²) < 4.78 is 5.76. The van der Waals surface area contributed by atoms with E-state index in [-0.39, 0.29) is 18.1 Å². The molecule has 1 aromatic carbocycles. The van der Waals surface area contributed by atoms with E-state index in [1.54, 1.807) is 12.1 Å². The highest BCUT2D eigenvalue weighted by molar-refractivity contribution is 5.96. The lowest BCUT2D eigenvalue weighted by molar-refractivity contribution is 0.0448. The molecule has 1 saturated carbocycles. The first-order chi connectivity index (χ1) is 13.6. The van der Waals surface area contributed by atoms with Crippen molar-refractivity contribution in [1.29, 1.82) is 5.26 Å². The second-order valence-electron chi connectivity index (χ2n) is 8.01. The van der Waals surface area contributed by atoms with Crippen molar-refractivity contribution in [3.05, 3.63) is 41.1 Å². The van der Waals surface area contributed by atoms with Gasteiger partial charge in [0, 0.05) is 30.3 Å². The number of aromatic amines is 1. The van der Waals surface area contributed by atoms with Gasteiger partial charge >= 0.3 is 0 Å². The van der Waals surface area contributed by atoms with E-state index in [9.17, 15) is 4.79 Å². The molecule has 1 amide bonds. The molecule has 1 aromatic heterocycles. The Balaban J connectivity index is 1.65. The Morgan fingerprint density at radius 3 is 2.64 bits per heavy atom. The van der Waals surface area contributed by atoms with Gasteiger partial charge in [-0.3, -0.25) is 9.89 Å². The maximum absolute atomic E-state index is 13.4. The molecule has 1 N–H and O–H groups in total. The lowest BCUT2D eigenvalue weighted by atomic mass is 10.0. The number of carbonyl (C=O) groups excluding carboxylic acids is 1. The zero-order valence-electron chi connectivity index (χ0n) is 16.4. The molecule has 0 bridgehead atoms. The third-order valence-corrected chi connectivity index (χ3v) is 5.60. The van der Waals surface area contributed by atoms with Crippen LogP contribution in [0.1, 0.15) is 67.1 Å². The molecule has 2 heterocycles. The van der Waals surface area contributed by atoms with Gasteiger partial charge < -0.3 is 9.64 Å². The van der Waals surface area contributed by atoms with E-state index in [0.29, 0.717) is 23.7 Å². The molecule has 146 valence electrons. The summed E-state index contributed by atoms with van der Waals surface area (Å²) in [6, 6.07) is 9.62. The molecule has 2 aliphatic rings. The summed E-state index contributed by atoms with van der Waals surface area (Å²) in [5.74, 6) is 0.375. The van der Waals surface area contributed by atoms with Crippen LogP contribution in [0, 0.1) is 11.3 Å². The number of benzene rings is 1. The minimum absolute atomic E-state index is 0.000190. The third kappa shape index (κ3) is 3.67. The minimum atomic E-state index is -0.000190. The highest BCUT2D eigenvalue weighted by atomic mass is 16.5. The minimum Gasteiger partial charge on any atom is -0.376 e. The Kier molecular flexibility index (Phi) is 5.19. The van der Waals surface area contributed by atoms with Crippen LogP contribution in [-0.2, 0) is 4.74 Å². The van der Waals surface area contributed by atoms with Crippen molar-refractivity contribution in [3.8, 4) is 17.3 Å². The van der Waals surface area contributed by atoms with Gasteiger partial charge in [0.15, 0.2) is 0 Å². The third-order valence-electron chi connectivity index (χ3n) is 5.60. The van der Waals surface area contributed by atoms with Crippen molar-refractivity contribution < 1.29 is 9.53 Å². The van der Waals surface area contributed by atoms with E-state index >= 15 is 0 Å². The van der Waals surface area contributed by atoms with E-state index in [1.807, 2.05) is 30.9 Å². The molecule has 1 atom stereocenters. The summed E-state index contributed by atoms with van der Waals surface area (Å²) in [5, 5.41) is 16.6. The molecule has 6 heteroatoms. The number of H-pyrrole nitrogens is 1. The topological polar surface area (TPSA) is 82.0 Å². The van der Waals surface area contributed by atoms with Gasteiger partial charge in [-0.25, -0.2) is 0 Å². The Labute approximate surface area is 165 Å². The van der Waals surface area contributed by atoms with Gasteiger partial charge in [-0.05, 0) is 57.6 Å². The number of hydrogen-bond acceptors (Lipinski definition) is 4. The van der Waals surface area contributed by atoms with Gasteiger partial charge in [-0.15, -0.1) is 0 Å². The van der Waals surface area contributed by atoms with E-state index in [4.69, 9.17) is 10.00 Å². The lowest BCUT2D eigenvalue weighted by Crippen LogP contribution is -2.42. The van der Waals surface area contributed by atoms with Crippen LogP contribution >= 0.6 is 0 Å². The molecule has 0 spiro atoms. The summed E-state index contributed by atoms with van der Waals surface area (Å²) in [5.41, 5.74) is 4.01. The summed E-state index contributed by atoms with van der Waals surface area (Å²) in [6.07, 6.45) is 4.35. The molecule has 2 aromatic rings. The molecule has 1 aliphatic heterocycles. The van der Waals surface area contributed by atoms with Crippen LogP contribution < -0.4 is 0 Å². The zero-order valence-corrected chi connectivity index (χ0v) is 16.4. The fourth-order valence-corrected chi connectivity index (χ4v) is 3.89. The number of hydrogen-bond donors (Lipinski definition) is 1. The SMILES string of the molecule is CC(C)N(CC1CCCO1)C(=O)c1[nH]nc(-c2ccc(C#N)cc2)c1C1CC1. The molecule has 0 radical (unpaired) electrons. The Hall–Kier alpha value is -2.65. The standard InChI is InChI=1S/C22H26N4O2/c1-14(2)26(13-18-4-3-11-28-18)22(27)21-19(16-9-10-16)20(24-25-21)17-7-5-15(12-23)6-8-17/h5-8,14,16,18H,3-4,9-11,13H2,1-2H3,(H,24,25). The second-order valence-corrected chi connectivity index (χ2v) is 8.01. The predicted octanol–water partition coefficient (Wildman–Crippen LogP) is 3.86. The van der Waals surface area contributed by atoms with Crippen LogP contribution in [0.2, 0.25) is 0 Å². The number of ether oxygens (including phenoxy) is 1. The highest BCUT2D eigenvalue weighted by Crippen LogP contribution is 2.45. The van der Waals surface area contributed by atoms with Gasteiger partial charge in [0.1, 0.15) is 5.69 Å². The van der Waals surface area contributed by atoms with Crippen LogP contribution in [0.3, 0.4) is 0 Å². The van der Waals surface area contributed by atoms with Crippen molar-refractivity contribution in [2.45, 2.75) is 57.6 Å². The van der Waals surface area contributed by atoms with Crippen molar-refractivity contribution in [3.63, 3.8) is 0 Å². The summed E-state index contributed by atoms with van der Waals surface area (Å²) in [4.78, 5) is 15.3. The largest absolute Gasteiger partial charge is 0.376 e. The number of nitriles is 1. The van der Waals surface area contributed by atoms with E-state index in [1.165, 1.54) is 0 Å². The molecule has 1 saturated heterocycles. The van der Waals surface area contributed by atoms with Gasteiger partial charge in [0.05, 0.1) is 23.4 Å². The van der Waals surface area contributed by atoms with Crippen LogP contribution in [0.4, 0.5) is 0 Å². The summed E-state index contributed by atoms with van der Waals surface area (Å²) in [7, 11) is 0. The first-order valence-electron chi connectivity index (χ1n) is 10.1. The molecule has 2 fully saturated rings. The van der Waals surface area contributed by atoms with Crippen molar-refractivity contribution in [2.75, 3.05) is 13.2 Å². The smallest absolute Gasteiger partial charge is 0.272 e. The predicted molar refractivity (Wildman–Crippen MR) is 106 cm³/mol. The molecular formula is C22H26N4O2. The van der Waals surface area contributed by atoms with Crippen molar-refractivity contribution in [1.82, 2.24) is 15.1 Å². The molecule has 28 heavy (non-hydrogen) atoms. The number of rotatable bonds is 6. The first kappa shape index (κ1) is 18.7. The molecule has 4 rings (SSSR count). The molecular weight excluding hydrogens is 352 g/mol. The van der Waals surface area contributed by atoms with Crippen molar-refractivity contribution >= 4 is 5.91 Å². The monoisotopic (exact) mass is 378 g/mol. The summed E-state index contributed by atoms with van der Waals surface area (Å²) >= 11 is 0. The number of amides is 1. The average molecular weight is 378 g/mol. The van der Waals surface area contributed by atoms with Crippen LogP contribution in [0.5, 0.6) is 0 Å². The quantitative estimate of drug-likeness (QED) is 0.827. The van der Waals surface area contributed by atoms with Crippen LogP contribution in [-0.4, -0.2) is 46.3 Å². The Bertz CT molecular complexity index is 884. The Morgan fingerprint density at radius 2 is 2.07 bits per heavy atom. The van der Waals surface area contributed by atoms with E-state index < -0.39 is 0 Å². The Morgan fingerprint density at radius 1 is 1.32 bits per heavy atom. The maximum atomic E-state index is 13.4. The second kappa shape index (κ2) is 7.76. The average Bonchev–Trinajstić information content (AvgIpc) is 3.23. The fourth-order valence-electron chi connectivity index (χ4n) is 3.89. The van der Waals surface area contributed by atoms with Gasteiger partial charge in [0.25, 0.3) is 5.91 Å². The first-order valence-corrected chi connectivity index (χ1v) is 10.1. The molecule has 1 aliphatic carbocycles. The summed E-state index contributed by atoms with van der Waals surface area (Å²) in [6.45, 7) is 5.49. The normalized spacial score (nSPS) is 19.0. The maximum Gasteiger partial charge on any atom is 0.272 e. The number of nitrogens with one attached hydrogen (secondary N) is 1. The molecule has 1 unspecified atom stereocenters. The van der Waals surface area contributed by atoms with E-state index in [0.717, 1.165) is 49.1 Å². The number of aromatic nitrogens is 2. The zero-order chi connectivity index (χ0) is 19.7. The van der Waals surface area contributed by atoms with Crippen LogP contribution in [0.15, 0.2) is 24.3 Å². The van der Waals surface area contributed by atoms with Crippen molar-refractivity contribution in [2.24, 2.45) is 0 Å². The molecule has 6 nitrogen and oxygen atoms in total. The van der Waals surface area contributed by atoms with Gasteiger partial charge in [-0.2, -0.15) is 10.4 Å².